The molecule has 2 nitrogen and oxygen atoms in total. The molecular formula is C12H10BrNO. The third-order valence-corrected chi connectivity index (χ3v) is 2.55. The van der Waals surface area contributed by atoms with Gasteiger partial charge in [0.1, 0.15) is 6.61 Å². The number of nitrogens with zero attached hydrogens (tertiary/aromatic N) is 1. The van der Waals surface area contributed by atoms with Crippen LogP contribution in [0.4, 0.5) is 0 Å². The maximum Gasteiger partial charge on any atom is 0.228 e. The van der Waals surface area contributed by atoms with E-state index < -0.39 is 0 Å². The van der Waals surface area contributed by atoms with Crippen molar-refractivity contribution in [2.45, 2.75) is 6.61 Å². The Balaban J connectivity index is 2.03. The third-order valence-electron chi connectivity index (χ3n) is 1.94. The van der Waals surface area contributed by atoms with Crippen LogP contribution in [0, 0.1) is 0 Å². The monoisotopic (exact) mass is 263 g/mol. The van der Waals surface area contributed by atoms with Gasteiger partial charge >= 0.3 is 0 Å². The molecule has 1 aromatic heterocycles. The first kappa shape index (κ1) is 10.2. The lowest BCUT2D eigenvalue weighted by molar-refractivity contribution is 0.292. The highest BCUT2D eigenvalue weighted by Crippen LogP contribution is 2.21. The minimum atomic E-state index is 0.538. The maximum atomic E-state index is 5.56. The van der Waals surface area contributed by atoms with Crippen molar-refractivity contribution in [3.63, 3.8) is 0 Å². The van der Waals surface area contributed by atoms with E-state index in [0.717, 1.165) is 10.0 Å². The first-order valence-corrected chi connectivity index (χ1v) is 5.43. The van der Waals surface area contributed by atoms with Crippen molar-refractivity contribution in [2.24, 2.45) is 0 Å². The minimum Gasteiger partial charge on any atom is -0.472 e. The average Bonchev–Trinajstić information content (AvgIpc) is 2.29. The van der Waals surface area contributed by atoms with Gasteiger partial charge in [-0.2, -0.15) is 0 Å². The molecule has 1 aromatic carbocycles. The van der Waals surface area contributed by atoms with Crippen LogP contribution in [-0.2, 0) is 6.61 Å². The zero-order chi connectivity index (χ0) is 10.5. The number of halogens is 1. The quantitative estimate of drug-likeness (QED) is 0.847. The second-order valence-electron chi connectivity index (χ2n) is 3.06. The molecule has 0 radical (unpaired) electrons. The summed E-state index contributed by atoms with van der Waals surface area (Å²) in [6.45, 7) is 0.538. The van der Waals surface area contributed by atoms with Gasteiger partial charge in [0.25, 0.3) is 0 Å². The second kappa shape index (κ2) is 4.94. The van der Waals surface area contributed by atoms with E-state index in [1.165, 1.54) is 0 Å². The molecule has 0 aliphatic heterocycles. The number of aromatic nitrogens is 1. The van der Waals surface area contributed by atoms with Crippen molar-refractivity contribution < 1.29 is 4.74 Å². The van der Waals surface area contributed by atoms with E-state index in [9.17, 15) is 0 Å². The molecule has 0 spiro atoms. The van der Waals surface area contributed by atoms with Crippen molar-refractivity contribution in [2.75, 3.05) is 0 Å². The van der Waals surface area contributed by atoms with Gasteiger partial charge in [-0.1, -0.05) is 30.3 Å². The SMILES string of the molecule is Brc1cccnc1OCc1ccccc1. The largest absolute Gasteiger partial charge is 0.472 e. The van der Waals surface area contributed by atoms with Crippen molar-refractivity contribution in [3.05, 3.63) is 58.7 Å². The fourth-order valence-corrected chi connectivity index (χ4v) is 1.57. The molecule has 0 atom stereocenters. The summed E-state index contributed by atoms with van der Waals surface area (Å²) in [5, 5.41) is 0. The number of hydrogen-bond acceptors (Lipinski definition) is 2. The number of hydrogen-bond donors (Lipinski definition) is 0. The lowest BCUT2D eigenvalue weighted by atomic mass is 10.2. The van der Waals surface area contributed by atoms with Crippen molar-refractivity contribution in [1.29, 1.82) is 0 Å². The fourth-order valence-electron chi connectivity index (χ4n) is 1.20. The molecule has 76 valence electrons. The van der Waals surface area contributed by atoms with Crippen LogP contribution in [0.2, 0.25) is 0 Å². The van der Waals surface area contributed by atoms with Crippen molar-refractivity contribution in [3.8, 4) is 5.88 Å². The first-order chi connectivity index (χ1) is 7.36. The Morgan fingerprint density at radius 2 is 1.87 bits per heavy atom. The Labute approximate surface area is 97.1 Å². The fraction of sp³-hybridized carbons (Fsp3) is 0.0833. The van der Waals surface area contributed by atoms with Gasteiger partial charge in [0.15, 0.2) is 0 Å². The molecule has 0 unspecified atom stereocenters. The van der Waals surface area contributed by atoms with E-state index in [2.05, 4.69) is 20.9 Å². The molecule has 2 aromatic rings. The molecule has 0 amide bonds. The molecule has 3 heteroatoms. The zero-order valence-corrected chi connectivity index (χ0v) is 9.65. The second-order valence-corrected chi connectivity index (χ2v) is 3.92. The minimum absolute atomic E-state index is 0.538. The smallest absolute Gasteiger partial charge is 0.228 e. The molecule has 0 fully saturated rings. The molecule has 0 bridgehead atoms. The normalized spacial score (nSPS) is 9.93. The standard InChI is InChI=1S/C12H10BrNO/c13-11-7-4-8-14-12(11)15-9-10-5-2-1-3-6-10/h1-8H,9H2. The van der Waals surface area contributed by atoms with Gasteiger partial charge in [-0.3, -0.25) is 0 Å². The Kier molecular flexibility index (Phi) is 3.35. The lowest BCUT2D eigenvalue weighted by Gasteiger charge is -2.06. The van der Waals surface area contributed by atoms with E-state index in [0.29, 0.717) is 12.5 Å². The highest BCUT2D eigenvalue weighted by Gasteiger charge is 2.00. The average molecular weight is 264 g/mol. The summed E-state index contributed by atoms with van der Waals surface area (Å²) in [7, 11) is 0. The summed E-state index contributed by atoms with van der Waals surface area (Å²) in [4.78, 5) is 4.12. The topological polar surface area (TPSA) is 22.1 Å². The molecule has 1 heterocycles. The van der Waals surface area contributed by atoms with E-state index in [-0.39, 0.29) is 0 Å². The van der Waals surface area contributed by atoms with Gasteiger partial charge in [0.05, 0.1) is 4.47 Å². The highest BCUT2D eigenvalue weighted by molar-refractivity contribution is 9.10. The number of benzene rings is 1. The van der Waals surface area contributed by atoms with E-state index in [4.69, 9.17) is 4.74 Å². The van der Waals surface area contributed by atoms with Gasteiger partial charge in [-0.15, -0.1) is 0 Å². The Morgan fingerprint density at radius 1 is 1.07 bits per heavy atom. The molecule has 15 heavy (non-hydrogen) atoms. The Morgan fingerprint density at radius 3 is 2.60 bits per heavy atom. The van der Waals surface area contributed by atoms with Crippen LogP contribution in [0.5, 0.6) is 5.88 Å². The molecule has 0 N–H and O–H groups in total. The molecule has 0 aliphatic carbocycles. The van der Waals surface area contributed by atoms with Gasteiger partial charge in [-0.05, 0) is 33.6 Å². The number of rotatable bonds is 3. The number of ether oxygens (including phenoxy) is 1. The Hall–Kier alpha value is -1.35. The van der Waals surface area contributed by atoms with Crippen LogP contribution < -0.4 is 4.74 Å². The van der Waals surface area contributed by atoms with Crippen molar-refractivity contribution in [1.82, 2.24) is 4.98 Å². The van der Waals surface area contributed by atoms with E-state index in [1.807, 2.05) is 42.5 Å². The first-order valence-electron chi connectivity index (χ1n) is 4.63. The summed E-state index contributed by atoms with van der Waals surface area (Å²) in [6, 6.07) is 13.8. The highest BCUT2D eigenvalue weighted by atomic mass is 79.9. The molecule has 0 saturated heterocycles. The Bertz CT molecular complexity index is 431. The maximum absolute atomic E-state index is 5.56. The molecular weight excluding hydrogens is 254 g/mol. The van der Waals surface area contributed by atoms with Crippen LogP contribution in [0.1, 0.15) is 5.56 Å². The summed E-state index contributed by atoms with van der Waals surface area (Å²) >= 11 is 3.38. The van der Waals surface area contributed by atoms with Gasteiger partial charge < -0.3 is 4.74 Å². The summed E-state index contributed by atoms with van der Waals surface area (Å²) < 4.78 is 6.44. The van der Waals surface area contributed by atoms with E-state index in [1.54, 1.807) is 6.20 Å². The van der Waals surface area contributed by atoms with Crippen LogP contribution in [-0.4, -0.2) is 4.98 Å². The summed E-state index contributed by atoms with van der Waals surface area (Å²) in [5.41, 5.74) is 1.13. The number of pyridine rings is 1. The molecule has 0 saturated carbocycles. The zero-order valence-electron chi connectivity index (χ0n) is 8.06. The van der Waals surface area contributed by atoms with Crippen LogP contribution in [0.3, 0.4) is 0 Å². The summed E-state index contributed by atoms with van der Waals surface area (Å²) in [6.07, 6.45) is 1.71. The van der Waals surface area contributed by atoms with Gasteiger partial charge in [0, 0.05) is 6.20 Å². The predicted octanol–water partition coefficient (Wildman–Crippen LogP) is 3.42. The van der Waals surface area contributed by atoms with Gasteiger partial charge in [-0.25, -0.2) is 4.98 Å². The van der Waals surface area contributed by atoms with Crippen LogP contribution >= 0.6 is 15.9 Å². The van der Waals surface area contributed by atoms with Crippen molar-refractivity contribution >= 4 is 15.9 Å². The van der Waals surface area contributed by atoms with Gasteiger partial charge in [0.2, 0.25) is 5.88 Å². The summed E-state index contributed by atoms with van der Waals surface area (Å²) in [5.74, 6) is 0.626. The predicted molar refractivity (Wildman–Crippen MR) is 62.7 cm³/mol. The lowest BCUT2D eigenvalue weighted by Crippen LogP contribution is -1.97. The van der Waals surface area contributed by atoms with Crippen LogP contribution in [0.15, 0.2) is 53.1 Å². The third kappa shape index (κ3) is 2.80. The van der Waals surface area contributed by atoms with Crippen LogP contribution in [0.25, 0.3) is 0 Å². The molecule has 0 aliphatic rings. The molecule has 2 rings (SSSR count). The van der Waals surface area contributed by atoms with E-state index >= 15 is 0 Å².